The zero-order valence-electron chi connectivity index (χ0n) is 20.3. The molecule has 6 rings (SSSR count). The SMILES string of the molecule is COc1ccccc1-c1cccc2cc([C@H](C)Nc3ncnc4scnc34)n(-c3ccccc3)c(=O)c12. The molecular formula is C29H23N5O2S. The second kappa shape index (κ2) is 9.48. The fourth-order valence-electron chi connectivity index (χ4n) is 4.71. The molecule has 7 nitrogen and oxygen atoms in total. The van der Waals surface area contributed by atoms with E-state index < -0.39 is 0 Å². The van der Waals surface area contributed by atoms with Crippen molar-refractivity contribution in [3.63, 3.8) is 0 Å². The molecule has 0 bridgehead atoms. The number of fused-ring (bicyclic) bond motifs is 2. The van der Waals surface area contributed by atoms with Crippen LogP contribution in [0.1, 0.15) is 18.7 Å². The van der Waals surface area contributed by atoms with Gasteiger partial charge in [-0.05, 0) is 42.1 Å². The minimum atomic E-state index is -0.257. The number of ether oxygens (including phenoxy) is 1. The first-order valence-electron chi connectivity index (χ1n) is 11.8. The van der Waals surface area contributed by atoms with Crippen LogP contribution in [0.4, 0.5) is 5.82 Å². The molecule has 0 saturated heterocycles. The zero-order valence-corrected chi connectivity index (χ0v) is 21.1. The number of aromatic nitrogens is 4. The van der Waals surface area contributed by atoms with Crippen LogP contribution in [0.5, 0.6) is 5.75 Å². The van der Waals surface area contributed by atoms with E-state index >= 15 is 0 Å². The molecule has 0 amide bonds. The van der Waals surface area contributed by atoms with Crippen LogP contribution in [0.3, 0.4) is 0 Å². The minimum Gasteiger partial charge on any atom is -0.496 e. The molecule has 3 aromatic heterocycles. The summed E-state index contributed by atoms with van der Waals surface area (Å²) in [5, 5.41) is 4.95. The van der Waals surface area contributed by atoms with Crippen molar-refractivity contribution in [2.45, 2.75) is 13.0 Å². The van der Waals surface area contributed by atoms with Crippen LogP contribution in [-0.2, 0) is 0 Å². The second-order valence-corrected chi connectivity index (χ2v) is 9.44. The summed E-state index contributed by atoms with van der Waals surface area (Å²) >= 11 is 1.46. The van der Waals surface area contributed by atoms with Gasteiger partial charge in [-0.15, -0.1) is 11.3 Å². The van der Waals surface area contributed by atoms with E-state index in [1.165, 1.54) is 17.7 Å². The summed E-state index contributed by atoms with van der Waals surface area (Å²) < 4.78 is 7.40. The van der Waals surface area contributed by atoms with Gasteiger partial charge in [0.15, 0.2) is 5.82 Å². The molecule has 3 aromatic carbocycles. The number of thiazole rings is 1. The fourth-order valence-corrected chi connectivity index (χ4v) is 5.34. The molecule has 0 aliphatic carbocycles. The summed E-state index contributed by atoms with van der Waals surface area (Å²) in [4.78, 5) is 28.3. The topological polar surface area (TPSA) is 81.9 Å². The number of nitrogens with zero attached hydrogens (tertiary/aromatic N) is 4. The van der Waals surface area contributed by atoms with E-state index in [0.717, 1.165) is 38.5 Å². The normalized spacial score (nSPS) is 12.1. The van der Waals surface area contributed by atoms with Crippen LogP contribution in [0.15, 0.2) is 95.5 Å². The standard InChI is InChI=1S/C29H23N5O2S/c1-18(33-27-26-28(31-16-30-27)37-17-32-26)23-15-19-9-8-13-22(21-12-6-7-14-24(21)36-2)25(19)29(35)34(23)20-10-4-3-5-11-20/h3-18H,1-2H3,(H,30,31,33)/t18-/m0/s1. The molecule has 3 heterocycles. The Hall–Kier alpha value is -4.56. The minimum absolute atomic E-state index is 0.102. The van der Waals surface area contributed by atoms with Crippen LogP contribution in [0.2, 0.25) is 0 Å². The molecule has 1 N–H and O–H groups in total. The Kier molecular flexibility index (Phi) is 5.86. The molecule has 37 heavy (non-hydrogen) atoms. The van der Waals surface area contributed by atoms with Gasteiger partial charge in [-0.1, -0.05) is 54.6 Å². The van der Waals surface area contributed by atoms with E-state index in [1.54, 1.807) is 17.2 Å². The van der Waals surface area contributed by atoms with Crippen LogP contribution < -0.4 is 15.6 Å². The smallest absolute Gasteiger partial charge is 0.263 e. The number of hydrogen-bond donors (Lipinski definition) is 1. The lowest BCUT2D eigenvalue weighted by Gasteiger charge is -2.22. The molecular weight excluding hydrogens is 482 g/mol. The first-order chi connectivity index (χ1) is 18.2. The highest BCUT2D eigenvalue weighted by Gasteiger charge is 2.20. The number of para-hydroxylation sites is 2. The maximum Gasteiger partial charge on any atom is 0.263 e. The van der Waals surface area contributed by atoms with Crippen molar-refractivity contribution in [3.05, 3.63) is 107 Å². The lowest BCUT2D eigenvalue weighted by molar-refractivity contribution is 0.416. The van der Waals surface area contributed by atoms with Gasteiger partial charge in [-0.3, -0.25) is 9.36 Å². The lowest BCUT2D eigenvalue weighted by Crippen LogP contribution is -2.26. The van der Waals surface area contributed by atoms with Crippen molar-refractivity contribution >= 4 is 38.3 Å². The van der Waals surface area contributed by atoms with Gasteiger partial charge >= 0.3 is 0 Å². The van der Waals surface area contributed by atoms with Gasteiger partial charge in [-0.25, -0.2) is 15.0 Å². The van der Waals surface area contributed by atoms with E-state index in [1.807, 2.05) is 79.7 Å². The number of anilines is 1. The Morgan fingerprint density at radius 2 is 1.70 bits per heavy atom. The third kappa shape index (κ3) is 4.01. The molecule has 0 unspecified atom stereocenters. The second-order valence-electron chi connectivity index (χ2n) is 8.61. The monoisotopic (exact) mass is 505 g/mol. The summed E-state index contributed by atoms with van der Waals surface area (Å²) in [5.41, 5.74) is 5.67. The highest BCUT2D eigenvalue weighted by atomic mass is 32.1. The Labute approximate surface area is 217 Å². The van der Waals surface area contributed by atoms with Crippen LogP contribution in [0.25, 0.3) is 37.9 Å². The Balaban J connectivity index is 1.59. The van der Waals surface area contributed by atoms with E-state index in [0.29, 0.717) is 16.7 Å². The number of nitrogens with one attached hydrogen (secondary N) is 1. The summed E-state index contributed by atoms with van der Waals surface area (Å²) in [6, 6.07) is 25.2. The first kappa shape index (κ1) is 22.9. The highest BCUT2D eigenvalue weighted by molar-refractivity contribution is 7.16. The summed E-state index contributed by atoms with van der Waals surface area (Å²) in [5.74, 6) is 1.35. The van der Waals surface area contributed by atoms with E-state index in [-0.39, 0.29) is 11.6 Å². The maximum atomic E-state index is 14.3. The Morgan fingerprint density at radius 1 is 0.919 bits per heavy atom. The number of rotatable bonds is 6. The van der Waals surface area contributed by atoms with Crippen LogP contribution in [-0.4, -0.2) is 26.6 Å². The van der Waals surface area contributed by atoms with Crippen molar-refractivity contribution in [1.82, 2.24) is 19.5 Å². The third-order valence-corrected chi connectivity index (χ3v) is 7.15. The van der Waals surface area contributed by atoms with E-state index in [2.05, 4.69) is 26.3 Å². The van der Waals surface area contributed by atoms with E-state index in [9.17, 15) is 4.79 Å². The molecule has 0 aliphatic rings. The molecule has 0 radical (unpaired) electrons. The van der Waals surface area contributed by atoms with Crippen molar-refractivity contribution in [2.24, 2.45) is 0 Å². The molecule has 0 fully saturated rings. The number of methoxy groups -OCH3 is 1. The van der Waals surface area contributed by atoms with Crippen molar-refractivity contribution in [1.29, 1.82) is 0 Å². The number of pyridine rings is 1. The van der Waals surface area contributed by atoms with Crippen LogP contribution >= 0.6 is 11.3 Å². The van der Waals surface area contributed by atoms with Crippen molar-refractivity contribution in [2.75, 3.05) is 12.4 Å². The molecule has 6 aromatic rings. The van der Waals surface area contributed by atoms with Crippen LogP contribution in [0, 0.1) is 0 Å². The number of hydrogen-bond acceptors (Lipinski definition) is 7. The summed E-state index contributed by atoms with van der Waals surface area (Å²) in [6.07, 6.45) is 1.53. The van der Waals surface area contributed by atoms with Crippen molar-refractivity contribution in [3.8, 4) is 22.6 Å². The summed E-state index contributed by atoms with van der Waals surface area (Å²) in [7, 11) is 1.64. The molecule has 0 saturated carbocycles. The largest absolute Gasteiger partial charge is 0.496 e. The highest BCUT2D eigenvalue weighted by Crippen LogP contribution is 2.35. The fraction of sp³-hybridized carbons (Fsp3) is 0.103. The predicted octanol–water partition coefficient (Wildman–Crippen LogP) is 6.24. The molecule has 8 heteroatoms. The predicted molar refractivity (Wildman–Crippen MR) is 149 cm³/mol. The van der Waals surface area contributed by atoms with Gasteiger partial charge in [0.25, 0.3) is 5.56 Å². The van der Waals surface area contributed by atoms with E-state index in [4.69, 9.17) is 4.74 Å². The Morgan fingerprint density at radius 3 is 2.54 bits per heavy atom. The number of benzene rings is 3. The van der Waals surface area contributed by atoms with Gasteiger partial charge in [-0.2, -0.15) is 0 Å². The maximum absolute atomic E-state index is 14.3. The third-order valence-electron chi connectivity index (χ3n) is 6.42. The van der Waals surface area contributed by atoms with Gasteiger partial charge in [0, 0.05) is 16.9 Å². The van der Waals surface area contributed by atoms with Gasteiger partial charge in [0.2, 0.25) is 0 Å². The summed E-state index contributed by atoms with van der Waals surface area (Å²) in [6.45, 7) is 2.02. The average Bonchev–Trinajstić information content (AvgIpc) is 3.43. The zero-order chi connectivity index (χ0) is 25.4. The van der Waals surface area contributed by atoms with Gasteiger partial charge in [0.05, 0.1) is 24.0 Å². The average molecular weight is 506 g/mol. The first-order valence-corrected chi connectivity index (χ1v) is 12.7. The van der Waals surface area contributed by atoms with Gasteiger partial charge in [0.1, 0.15) is 22.4 Å². The molecule has 0 aliphatic heterocycles. The van der Waals surface area contributed by atoms with Crippen molar-refractivity contribution < 1.29 is 4.74 Å². The molecule has 1 atom stereocenters. The quantitative estimate of drug-likeness (QED) is 0.289. The molecule has 0 spiro atoms. The molecule has 182 valence electrons. The van der Waals surface area contributed by atoms with Gasteiger partial charge < -0.3 is 10.1 Å². The lowest BCUT2D eigenvalue weighted by atomic mass is 9.97. The Bertz CT molecular complexity index is 1800.